The minimum atomic E-state index is -0.800. The third-order valence-corrected chi connectivity index (χ3v) is 4.38. The van der Waals surface area contributed by atoms with E-state index in [9.17, 15) is 5.11 Å². The number of rotatable bonds is 3. The highest BCUT2D eigenvalue weighted by molar-refractivity contribution is 5.21. The van der Waals surface area contributed by atoms with Crippen LogP contribution < -0.4 is 0 Å². The van der Waals surface area contributed by atoms with E-state index < -0.39 is 5.60 Å². The van der Waals surface area contributed by atoms with Crippen molar-refractivity contribution in [2.45, 2.75) is 38.0 Å². The summed E-state index contributed by atoms with van der Waals surface area (Å²) in [6, 6.07) is 10.5. The lowest BCUT2D eigenvalue weighted by atomic mass is 9.93. The van der Waals surface area contributed by atoms with Gasteiger partial charge in [0.05, 0.1) is 6.61 Å². The molecule has 3 rings (SSSR count). The second kappa shape index (κ2) is 4.99. The molecule has 2 heterocycles. The predicted molar refractivity (Wildman–Crippen MR) is 74.5 cm³/mol. The van der Waals surface area contributed by atoms with E-state index in [4.69, 9.17) is 4.74 Å². The summed E-state index contributed by atoms with van der Waals surface area (Å²) in [5, 5.41) is 10.9. The summed E-state index contributed by atoms with van der Waals surface area (Å²) >= 11 is 0. The van der Waals surface area contributed by atoms with Crippen molar-refractivity contribution >= 4 is 0 Å². The molecule has 1 N–H and O–H groups in total. The number of benzene rings is 1. The largest absolute Gasteiger partial charge is 0.495 e. The van der Waals surface area contributed by atoms with Crippen molar-refractivity contribution in [2.75, 3.05) is 13.2 Å². The summed E-state index contributed by atoms with van der Waals surface area (Å²) in [6.45, 7) is 4.60. The van der Waals surface area contributed by atoms with E-state index in [1.54, 1.807) is 0 Å². The van der Waals surface area contributed by atoms with Gasteiger partial charge in [-0.25, -0.2) is 0 Å². The number of aliphatic hydroxyl groups is 1. The Hall–Kier alpha value is -1.32. The third-order valence-electron chi connectivity index (χ3n) is 4.38. The zero-order valence-corrected chi connectivity index (χ0v) is 11.4. The van der Waals surface area contributed by atoms with Crippen LogP contribution in [0.2, 0.25) is 0 Å². The van der Waals surface area contributed by atoms with Crippen molar-refractivity contribution in [3.8, 4) is 0 Å². The molecule has 2 aliphatic heterocycles. The van der Waals surface area contributed by atoms with Gasteiger partial charge in [0.2, 0.25) is 0 Å². The van der Waals surface area contributed by atoms with Gasteiger partial charge in [-0.15, -0.1) is 0 Å². The molecule has 19 heavy (non-hydrogen) atoms. The minimum Gasteiger partial charge on any atom is -0.495 e. The molecule has 1 saturated heterocycles. The quantitative estimate of drug-likeness (QED) is 0.904. The van der Waals surface area contributed by atoms with Crippen molar-refractivity contribution in [1.82, 2.24) is 4.90 Å². The molecule has 0 amide bonds. The topological polar surface area (TPSA) is 32.7 Å². The fourth-order valence-corrected chi connectivity index (χ4v) is 3.10. The van der Waals surface area contributed by atoms with Crippen LogP contribution in [-0.4, -0.2) is 34.8 Å². The van der Waals surface area contributed by atoms with Gasteiger partial charge < -0.3 is 9.84 Å². The SMILES string of the molecule is CC1N(Cc2ccccc2)CCC1(O)C1=CCCO1. The Bertz CT molecular complexity index is 471. The van der Waals surface area contributed by atoms with E-state index in [0.717, 1.165) is 31.7 Å². The summed E-state index contributed by atoms with van der Waals surface area (Å²) in [4.78, 5) is 2.33. The molecule has 1 aromatic rings. The van der Waals surface area contributed by atoms with Crippen molar-refractivity contribution in [3.63, 3.8) is 0 Å². The highest BCUT2D eigenvalue weighted by atomic mass is 16.5. The van der Waals surface area contributed by atoms with Gasteiger partial charge in [-0.1, -0.05) is 30.3 Å². The zero-order valence-electron chi connectivity index (χ0n) is 11.4. The van der Waals surface area contributed by atoms with Gasteiger partial charge in [-0.2, -0.15) is 0 Å². The van der Waals surface area contributed by atoms with Gasteiger partial charge in [0.15, 0.2) is 0 Å². The lowest BCUT2D eigenvalue weighted by Gasteiger charge is -2.31. The second-order valence-corrected chi connectivity index (χ2v) is 5.51. The summed E-state index contributed by atoms with van der Waals surface area (Å²) in [7, 11) is 0. The van der Waals surface area contributed by atoms with Crippen LogP contribution in [0.15, 0.2) is 42.2 Å². The Morgan fingerprint density at radius 2 is 2.16 bits per heavy atom. The third kappa shape index (κ3) is 2.28. The maximum Gasteiger partial charge on any atom is 0.137 e. The van der Waals surface area contributed by atoms with E-state index in [2.05, 4.69) is 36.1 Å². The van der Waals surface area contributed by atoms with Crippen LogP contribution in [0.5, 0.6) is 0 Å². The molecular weight excluding hydrogens is 238 g/mol. The smallest absolute Gasteiger partial charge is 0.137 e. The number of ether oxygens (including phenoxy) is 1. The average Bonchev–Trinajstić information content (AvgIpc) is 3.05. The first-order valence-electron chi connectivity index (χ1n) is 7.04. The molecule has 2 unspecified atom stereocenters. The molecule has 0 spiro atoms. The fourth-order valence-electron chi connectivity index (χ4n) is 3.10. The van der Waals surface area contributed by atoms with Gasteiger partial charge in [0, 0.05) is 25.6 Å². The molecule has 0 aliphatic carbocycles. The fraction of sp³-hybridized carbons (Fsp3) is 0.500. The summed E-state index contributed by atoms with van der Waals surface area (Å²) in [6.07, 6.45) is 3.72. The summed E-state index contributed by atoms with van der Waals surface area (Å²) in [5.41, 5.74) is 0.491. The van der Waals surface area contributed by atoms with Crippen molar-refractivity contribution in [3.05, 3.63) is 47.7 Å². The minimum absolute atomic E-state index is 0.0945. The van der Waals surface area contributed by atoms with Crippen molar-refractivity contribution in [2.24, 2.45) is 0 Å². The number of nitrogens with zero attached hydrogens (tertiary/aromatic N) is 1. The molecule has 2 aliphatic rings. The van der Waals surface area contributed by atoms with Crippen LogP contribution in [-0.2, 0) is 11.3 Å². The lowest BCUT2D eigenvalue weighted by molar-refractivity contribution is -0.00494. The highest BCUT2D eigenvalue weighted by Gasteiger charge is 2.47. The van der Waals surface area contributed by atoms with Crippen LogP contribution in [0.25, 0.3) is 0 Å². The first-order chi connectivity index (χ1) is 9.20. The van der Waals surface area contributed by atoms with Crippen LogP contribution in [0.1, 0.15) is 25.3 Å². The number of hydrogen-bond acceptors (Lipinski definition) is 3. The normalized spacial score (nSPS) is 31.3. The predicted octanol–water partition coefficient (Wildman–Crippen LogP) is 2.32. The molecule has 3 nitrogen and oxygen atoms in total. The molecule has 102 valence electrons. The molecule has 0 aromatic heterocycles. The van der Waals surface area contributed by atoms with Gasteiger partial charge in [0.25, 0.3) is 0 Å². The molecule has 2 atom stereocenters. The van der Waals surface area contributed by atoms with Crippen molar-refractivity contribution in [1.29, 1.82) is 0 Å². The lowest BCUT2D eigenvalue weighted by Crippen LogP contribution is -2.43. The maximum absolute atomic E-state index is 10.9. The van der Waals surface area contributed by atoms with E-state index in [1.165, 1.54) is 5.56 Å². The molecule has 0 bridgehead atoms. The summed E-state index contributed by atoms with van der Waals surface area (Å²) in [5.74, 6) is 0.788. The van der Waals surface area contributed by atoms with Crippen LogP contribution >= 0.6 is 0 Å². The maximum atomic E-state index is 10.9. The van der Waals surface area contributed by atoms with Gasteiger partial charge in [0.1, 0.15) is 11.4 Å². The van der Waals surface area contributed by atoms with Gasteiger partial charge >= 0.3 is 0 Å². The van der Waals surface area contributed by atoms with E-state index in [-0.39, 0.29) is 6.04 Å². The van der Waals surface area contributed by atoms with Crippen molar-refractivity contribution < 1.29 is 9.84 Å². The molecule has 0 radical (unpaired) electrons. The zero-order chi connectivity index (χ0) is 13.3. The standard InChI is InChI=1S/C16H21NO2/c1-13-16(18,15-8-5-11-19-15)9-10-17(13)12-14-6-3-2-4-7-14/h2-4,6-8,13,18H,5,9-12H2,1H3. The van der Waals surface area contributed by atoms with E-state index >= 15 is 0 Å². The molecule has 1 aromatic carbocycles. The summed E-state index contributed by atoms with van der Waals surface area (Å²) < 4.78 is 5.59. The molecule has 3 heteroatoms. The van der Waals surface area contributed by atoms with Gasteiger partial charge in [-0.3, -0.25) is 4.90 Å². The van der Waals surface area contributed by atoms with E-state index in [1.807, 2.05) is 12.1 Å². The van der Waals surface area contributed by atoms with Crippen LogP contribution in [0.4, 0.5) is 0 Å². The Morgan fingerprint density at radius 3 is 2.84 bits per heavy atom. The van der Waals surface area contributed by atoms with Crippen LogP contribution in [0.3, 0.4) is 0 Å². The Morgan fingerprint density at radius 1 is 1.37 bits per heavy atom. The second-order valence-electron chi connectivity index (χ2n) is 5.51. The molecule has 1 fully saturated rings. The highest BCUT2D eigenvalue weighted by Crippen LogP contribution is 2.37. The van der Waals surface area contributed by atoms with Gasteiger partial charge in [-0.05, 0) is 25.0 Å². The monoisotopic (exact) mass is 259 g/mol. The Kier molecular flexibility index (Phi) is 3.33. The molecule has 0 saturated carbocycles. The first kappa shape index (κ1) is 12.7. The number of likely N-dealkylation sites (tertiary alicyclic amines) is 1. The molecular formula is C16H21NO2. The Labute approximate surface area is 114 Å². The van der Waals surface area contributed by atoms with Crippen LogP contribution in [0, 0.1) is 0 Å². The average molecular weight is 259 g/mol. The Balaban J connectivity index is 1.73. The number of hydrogen-bond donors (Lipinski definition) is 1. The first-order valence-corrected chi connectivity index (χ1v) is 7.04. The van der Waals surface area contributed by atoms with E-state index in [0.29, 0.717) is 6.61 Å².